The molecule has 8 nitrogen and oxygen atoms in total. The second-order valence-corrected chi connectivity index (χ2v) is 9.43. The average Bonchev–Trinajstić information content (AvgIpc) is 3.29. The van der Waals surface area contributed by atoms with E-state index in [4.69, 9.17) is 4.42 Å². The highest BCUT2D eigenvalue weighted by Crippen LogP contribution is 2.27. The van der Waals surface area contributed by atoms with Crippen LogP contribution >= 0.6 is 0 Å². The fourth-order valence-electron chi connectivity index (χ4n) is 3.90. The fraction of sp³-hybridized carbons (Fsp3) is 0.409. The van der Waals surface area contributed by atoms with Gasteiger partial charge in [-0.3, -0.25) is 4.79 Å². The van der Waals surface area contributed by atoms with Crippen LogP contribution in [0.25, 0.3) is 0 Å². The number of amides is 1. The van der Waals surface area contributed by atoms with E-state index in [1.807, 2.05) is 13.0 Å². The van der Waals surface area contributed by atoms with Gasteiger partial charge in [-0.15, -0.1) is 4.40 Å². The third-order valence-corrected chi connectivity index (χ3v) is 6.79. The van der Waals surface area contributed by atoms with Crippen LogP contribution < -0.4 is 5.32 Å². The maximum absolute atomic E-state index is 12.5. The molecule has 164 valence electrons. The van der Waals surface area contributed by atoms with E-state index >= 15 is 0 Å². The van der Waals surface area contributed by atoms with E-state index in [-0.39, 0.29) is 35.6 Å². The maximum atomic E-state index is 12.5. The maximum Gasteiger partial charge on any atom is 0.285 e. The molecule has 2 aromatic rings. The van der Waals surface area contributed by atoms with Crippen molar-refractivity contribution in [2.24, 2.45) is 9.50 Å². The molecule has 0 bridgehead atoms. The number of nitrogens with zero attached hydrogens (tertiary/aromatic N) is 3. The minimum atomic E-state index is -3.79. The average molecular weight is 443 g/mol. The lowest BCUT2D eigenvalue weighted by atomic mass is 9.95. The van der Waals surface area contributed by atoms with Gasteiger partial charge in [0.2, 0.25) is 5.91 Å². The molecule has 2 aliphatic rings. The molecule has 0 spiro atoms. The van der Waals surface area contributed by atoms with Gasteiger partial charge in [0, 0.05) is 18.0 Å². The van der Waals surface area contributed by atoms with Crippen molar-refractivity contribution in [1.82, 2.24) is 10.3 Å². The smallest absolute Gasteiger partial charge is 0.285 e. The molecule has 1 saturated carbocycles. The first kappa shape index (κ1) is 21.3. The summed E-state index contributed by atoms with van der Waals surface area (Å²) in [5, 5.41) is 8.96. The van der Waals surface area contributed by atoms with E-state index < -0.39 is 10.0 Å². The van der Waals surface area contributed by atoms with Crippen LogP contribution in [0.4, 0.5) is 0 Å². The highest BCUT2D eigenvalue weighted by molar-refractivity contribution is 7.90. The number of carbonyl (C=O) groups excluding carboxylic acids is 1. The predicted molar refractivity (Wildman–Crippen MR) is 118 cm³/mol. The number of rotatable bonds is 6. The van der Waals surface area contributed by atoms with Gasteiger partial charge in [-0.05, 0) is 44.0 Å². The molecule has 1 aromatic carbocycles. The Morgan fingerprint density at radius 1 is 1.23 bits per heavy atom. The van der Waals surface area contributed by atoms with E-state index in [0.29, 0.717) is 11.3 Å². The van der Waals surface area contributed by atoms with Crippen LogP contribution in [0.15, 0.2) is 55.2 Å². The van der Waals surface area contributed by atoms with Crippen molar-refractivity contribution in [2.75, 3.05) is 6.54 Å². The number of fused-ring (bicyclic) bond motifs is 1. The summed E-state index contributed by atoms with van der Waals surface area (Å²) >= 11 is 0. The molecule has 31 heavy (non-hydrogen) atoms. The third kappa shape index (κ3) is 5.04. The Morgan fingerprint density at radius 3 is 2.74 bits per heavy atom. The standard InChI is InChI=1S/C22H26N4O4S/c1-16-11-12-18(30-16)15-23-26(14-13-21(27)24-17-7-3-2-4-8-17)22-19-9-5-6-10-20(19)31(28,29)25-22/h5-6,9-12,15,17H,2-4,7-8,13-14H2,1H3,(H,24,27)/b23-15-. The van der Waals surface area contributed by atoms with Crippen LogP contribution in [-0.2, 0) is 14.8 Å². The lowest BCUT2D eigenvalue weighted by Crippen LogP contribution is -2.38. The number of carbonyl (C=O) groups is 1. The number of sulfonamides is 1. The summed E-state index contributed by atoms with van der Waals surface area (Å²) in [7, 11) is -3.79. The Balaban J connectivity index is 1.54. The van der Waals surface area contributed by atoms with Gasteiger partial charge in [0.1, 0.15) is 16.4 Å². The first-order chi connectivity index (χ1) is 14.9. The molecule has 9 heteroatoms. The predicted octanol–water partition coefficient (Wildman–Crippen LogP) is 3.21. The number of furan rings is 1. The van der Waals surface area contributed by atoms with Gasteiger partial charge in [0.05, 0.1) is 12.8 Å². The summed E-state index contributed by atoms with van der Waals surface area (Å²) < 4.78 is 34.4. The topological polar surface area (TPSA) is 104 Å². The first-order valence-corrected chi connectivity index (χ1v) is 12.0. The summed E-state index contributed by atoms with van der Waals surface area (Å²) in [4.78, 5) is 12.7. The molecule has 1 aromatic heterocycles. The molecule has 1 amide bonds. The minimum absolute atomic E-state index is 0.0734. The fourth-order valence-corrected chi connectivity index (χ4v) is 5.10. The number of aryl methyl sites for hydroxylation is 1. The van der Waals surface area contributed by atoms with E-state index in [1.165, 1.54) is 23.7 Å². The molecule has 0 unspecified atom stereocenters. The van der Waals surface area contributed by atoms with Crippen LogP contribution in [0.1, 0.15) is 55.6 Å². The monoisotopic (exact) mass is 442 g/mol. The van der Waals surface area contributed by atoms with E-state index in [2.05, 4.69) is 14.8 Å². The van der Waals surface area contributed by atoms with E-state index in [1.54, 1.807) is 24.3 Å². The van der Waals surface area contributed by atoms with Gasteiger partial charge >= 0.3 is 0 Å². The summed E-state index contributed by atoms with van der Waals surface area (Å²) in [6.07, 6.45) is 7.17. The number of hydrazone groups is 1. The van der Waals surface area contributed by atoms with Crippen molar-refractivity contribution in [2.45, 2.75) is 56.4 Å². The van der Waals surface area contributed by atoms with Gasteiger partial charge in [-0.2, -0.15) is 13.5 Å². The Morgan fingerprint density at radius 2 is 2.00 bits per heavy atom. The number of nitrogens with one attached hydrogen (secondary N) is 1. The van der Waals surface area contributed by atoms with Crippen LogP contribution in [0.5, 0.6) is 0 Å². The van der Waals surface area contributed by atoms with Crippen molar-refractivity contribution in [3.05, 3.63) is 53.5 Å². The number of hydrogen-bond acceptors (Lipinski definition) is 6. The van der Waals surface area contributed by atoms with E-state index in [9.17, 15) is 13.2 Å². The summed E-state index contributed by atoms with van der Waals surface area (Å²) in [5.74, 6) is 1.41. The number of benzene rings is 1. The number of hydrogen-bond donors (Lipinski definition) is 1. The molecule has 1 aliphatic heterocycles. The quantitative estimate of drug-likeness (QED) is 0.546. The van der Waals surface area contributed by atoms with E-state index in [0.717, 1.165) is 31.4 Å². The molecule has 4 rings (SSSR count). The van der Waals surface area contributed by atoms with Crippen molar-refractivity contribution >= 4 is 28.0 Å². The van der Waals surface area contributed by atoms with Crippen LogP contribution in [0, 0.1) is 6.92 Å². The summed E-state index contributed by atoms with van der Waals surface area (Å²) in [5.41, 5.74) is 0.475. The second kappa shape index (κ2) is 9.05. The van der Waals surface area contributed by atoms with Crippen LogP contribution in [0.3, 0.4) is 0 Å². The van der Waals surface area contributed by atoms with Crippen LogP contribution in [0.2, 0.25) is 0 Å². The molecular formula is C22H26N4O4S. The lowest BCUT2D eigenvalue weighted by molar-refractivity contribution is -0.122. The van der Waals surface area contributed by atoms with Gasteiger partial charge in [0.15, 0.2) is 5.84 Å². The van der Waals surface area contributed by atoms with Crippen molar-refractivity contribution < 1.29 is 17.6 Å². The third-order valence-electron chi connectivity index (χ3n) is 5.46. The molecular weight excluding hydrogens is 416 g/mol. The number of amidine groups is 1. The first-order valence-electron chi connectivity index (χ1n) is 10.5. The second-order valence-electron chi connectivity index (χ2n) is 7.85. The molecule has 0 radical (unpaired) electrons. The zero-order valence-electron chi connectivity index (χ0n) is 17.5. The summed E-state index contributed by atoms with van der Waals surface area (Å²) in [6.45, 7) is 2.02. The largest absolute Gasteiger partial charge is 0.460 e. The van der Waals surface area contributed by atoms with Gasteiger partial charge < -0.3 is 9.73 Å². The molecule has 1 aliphatic carbocycles. The van der Waals surface area contributed by atoms with Gasteiger partial charge in [-0.25, -0.2) is 5.01 Å². The zero-order valence-corrected chi connectivity index (χ0v) is 18.3. The lowest BCUT2D eigenvalue weighted by Gasteiger charge is -2.23. The van der Waals surface area contributed by atoms with Gasteiger partial charge in [0.25, 0.3) is 10.0 Å². The normalized spacial score (nSPS) is 18.0. The Bertz CT molecular complexity index is 1110. The Labute approximate surface area is 182 Å². The zero-order chi connectivity index (χ0) is 21.8. The van der Waals surface area contributed by atoms with Crippen LogP contribution in [-0.4, -0.2) is 44.0 Å². The SMILES string of the molecule is Cc1ccc(/C=N\N(CCC(=O)NC2CCCCC2)C2=NS(=O)(=O)c3ccccc32)o1. The van der Waals surface area contributed by atoms with Crippen molar-refractivity contribution in [3.63, 3.8) is 0 Å². The summed E-state index contributed by atoms with van der Waals surface area (Å²) in [6, 6.07) is 10.4. The molecule has 0 atom stereocenters. The highest BCUT2D eigenvalue weighted by Gasteiger charge is 2.32. The highest BCUT2D eigenvalue weighted by atomic mass is 32.2. The molecule has 1 N–H and O–H groups in total. The van der Waals surface area contributed by atoms with Crippen molar-refractivity contribution in [3.8, 4) is 0 Å². The minimum Gasteiger partial charge on any atom is -0.460 e. The molecule has 0 saturated heterocycles. The molecule has 2 heterocycles. The molecule has 1 fully saturated rings. The Hall–Kier alpha value is -2.94. The van der Waals surface area contributed by atoms with Gasteiger partial charge in [-0.1, -0.05) is 31.4 Å². The van der Waals surface area contributed by atoms with Crippen molar-refractivity contribution in [1.29, 1.82) is 0 Å². The Kier molecular flexibility index (Phi) is 6.22.